The molecule has 20 heavy (non-hydrogen) atoms. The van der Waals surface area contributed by atoms with Gasteiger partial charge in [-0.3, -0.25) is 4.79 Å². The Kier molecular flexibility index (Phi) is 4.41. The van der Waals surface area contributed by atoms with Crippen molar-refractivity contribution in [1.29, 1.82) is 0 Å². The summed E-state index contributed by atoms with van der Waals surface area (Å²) < 4.78 is 0. The molecule has 1 atom stereocenters. The monoisotopic (exact) mass is 269 g/mol. The van der Waals surface area contributed by atoms with Crippen molar-refractivity contribution in [3.63, 3.8) is 0 Å². The standard InChI is InChI=1S/C17H19NO2/c1-12-7-9-14(10-8-12)13(2)18-17(20)11-15-5-3-4-6-16(15)19/h3-10,13,19H,11H2,1-2H3,(H,18,20). The minimum Gasteiger partial charge on any atom is -0.508 e. The van der Waals surface area contributed by atoms with E-state index in [0.29, 0.717) is 5.56 Å². The van der Waals surface area contributed by atoms with Crippen LogP contribution in [0.5, 0.6) is 5.75 Å². The van der Waals surface area contributed by atoms with Crippen molar-refractivity contribution in [3.05, 3.63) is 65.2 Å². The maximum atomic E-state index is 12.0. The zero-order chi connectivity index (χ0) is 14.5. The molecule has 1 unspecified atom stereocenters. The molecule has 0 aromatic heterocycles. The number of benzene rings is 2. The van der Waals surface area contributed by atoms with E-state index in [9.17, 15) is 9.90 Å². The first-order valence-electron chi connectivity index (χ1n) is 6.69. The molecular weight excluding hydrogens is 250 g/mol. The number of amides is 1. The van der Waals surface area contributed by atoms with Crippen molar-refractivity contribution in [2.45, 2.75) is 26.3 Å². The molecule has 0 fully saturated rings. The first-order chi connectivity index (χ1) is 9.56. The summed E-state index contributed by atoms with van der Waals surface area (Å²) in [5.41, 5.74) is 2.91. The van der Waals surface area contributed by atoms with Gasteiger partial charge in [0.15, 0.2) is 0 Å². The SMILES string of the molecule is Cc1ccc(C(C)NC(=O)Cc2ccccc2O)cc1. The van der Waals surface area contributed by atoms with Crippen LogP contribution in [-0.2, 0) is 11.2 Å². The predicted octanol–water partition coefficient (Wildman–Crippen LogP) is 3.12. The smallest absolute Gasteiger partial charge is 0.225 e. The van der Waals surface area contributed by atoms with E-state index in [2.05, 4.69) is 5.32 Å². The van der Waals surface area contributed by atoms with Crippen molar-refractivity contribution in [3.8, 4) is 5.75 Å². The van der Waals surface area contributed by atoms with Crippen LogP contribution in [0.25, 0.3) is 0 Å². The number of hydrogen-bond donors (Lipinski definition) is 2. The molecule has 2 aromatic rings. The summed E-state index contributed by atoms with van der Waals surface area (Å²) in [6.45, 7) is 3.98. The first kappa shape index (κ1) is 14.1. The Bertz CT molecular complexity index is 590. The zero-order valence-electron chi connectivity index (χ0n) is 11.8. The summed E-state index contributed by atoms with van der Waals surface area (Å²) in [5, 5.41) is 12.6. The highest BCUT2D eigenvalue weighted by molar-refractivity contribution is 5.79. The lowest BCUT2D eigenvalue weighted by molar-refractivity contribution is -0.121. The van der Waals surface area contributed by atoms with Gasteiger partial charge in [0.25, 0.3) is 0 Å². The minimum atomic E-state index is -0.0976. The molecule has 0 heterocycles. The Hall–Kier alpha value is -2.29. The van der Waals surface area contributed by atoms with E-state index in [1.165, 1.54) is 5.56 Å². The summed E-state index contributed by atoms with van der Waals surface area (Å²) in [6.07, 6.45) is 0.183. The summed E-state index contributed by atoms with van der Waals surface area (Å²) in [7, 11) is 0. The average molecular weight is 269 g/mol. The van der Waals surface area contributed by atoms with Gasteiger partial charge in [-0.2, -0.15) is 0 Å². The molecule has 0 aliphatic rings. The molecule has 104 valence electrons. The number of rotatable bonds is 4. The topological polar surface area (TPSA) is 49.3 Å². The molecule has 0 spiro atoms. The number of aryl methyl sites for hydroxylation is 1. The van der Waals surface area contributed by atoms with Gasteiger partial charge in [0.1, 0.15) is 5.75 Å². The third-order valence-corrected chi connectivity index (χ3v) is 3.30. The van der Waals surface area contributed by atoms with Gasteiger partial charge in [-0.05, 0) is 25.5 Å². The van der Waals surface area contributed by atoms with Crippen molar-refractivity contribution in [2.24, 2.45) is 0 Å². The van der Waals surface area contributed by atoms with Gasteiger partial charge >= 0.3 is 0 Å². The lowest BCUT2D eigenvalue weighted by atomic mass is 10.1. The number of phenolic OH excluding ortho intramolecular Hbond substituents is 1. The highest BCUT2D eigenvalue weighted by Gasteiger charge is 2.11. The summed E-state index contributed by atoms with van der Waals surface area (Å²) in [6, 6.07) is 14.9. The number of carbonyl (C=O) groups is 1. The second kappa shape index (κ2) is 6.24. The van der Waals surface area contributed by atoms with Crippen LogP contribution in [0.15, 0.2) is 48.5 Å². The van der Waals surface area contributed by atoms with Gasteiger partial charge in [-0.15, -0.1) is 0 Å². The average Bonchev–Trinajstić information content (AvgIpc) is 2.42. The molecular formula is C17H19NO2. The van der Waals surface area contributed by atoms with Crippen molar-refractivity contribution >= 4 is 5.91 Å². The molecule has 0 radical (unpaired) electrons. The number of phenols is 1. The molecule has 0 aliphatic heterocycles. The summed E-state index contributed by atoms with van der Waals surface area (Å²) in [4.78, 5) is 12.0. The highest BCUT2D eigenvalue weighted by atomic mass is 16.3. The maximum absolute atomic E-state index is 12.0. The second-order valence-electron chi connectivity index (χ2n) is 5.01. The molecule has 2 rings (SSSR count). The Morgan fingerprint density at radius 1 is 1.15 bits per heavy atom. The Morgan fingerprint density at radius 3 is 2.45 bits per heavy atom. The Labute approximate surface area is 119 Å². The zero-order valence-corrected chi connectivity index (χ0v) is 11.8. The molecule has 0 saturated heterocycles. The van der Waals surface area contributed by atoms with Gasteiger partial charge in [-0.25, -0.2) is 0 Å². The van der Waals surface area contributed by atoms with Crippen LogP contribution in [0, 0.1) is 6.92 Å². The van der Waals surface area contributed by atoms with Crippen molar-refractivity contribution < 1.29 is 9.90 Å². The van der Waals surface area contributed by atoms with Crippen molar-refractivity contribution in [2.75, 3.05) is 0 Å². The highest BCUT2D eigenvalue weighted by Crippen LogP contribution is 2.17. The number of para-hydroxylation sites is 1. The largest absolute Gasteiger partial charge is 0.508 e. The van der Waals surface area contributed by atoms with E-state index in [0.717, 1.165) is 5.56 Å². The number of carbonyl (C=O) groups excluding carboxylic acids is 1. The van der Waals surface area contributed by atoms with E-state index < -0.39 is 0 Å². The van der Waals surface area contributed by atoms with Crippen LogP contribution in [0.1, 0.15) is 29.7 Å². The van der Waals surface area contributed by atoms with Gasteiger partial charge < -0.3 is 10.4 Å². The third-order valence-electron chi connectivity index (χ3n) is 3.30. The van der Waals surface area contributed by atoms with E-state index in [4.69, 9.17) is 0 Å². The Balaban J connectivity index is 1.98. The molecule has 2 N–H and O–H groups in total. The van der Waals surface area contributed by atoms with Gasteiger partial charge in [0.05, 0.1) is 12.5 Å². The van der Waals surface area contributed by atoms with Crippen LogP contribution in [-0.4, -0.2) is 11.0 Å². The summed E-state index contributed by atoms with van der Waals surface area (Å²) >= 11 is 0. The van der Waals surface area contributed by atoms with E-state index >= 15 is 0 Å². The first-order valence-corrected chi connectivity index (χ1v) is 6.69. The fraction of sp³-hybridized carbons (Fsp3) is 0.235. The lowest BCUT2D eigenvalue weighted by Crippen LogP contribution is -2.28. The molecule has 0 bridgehead atoms. The fourth-order valence-corrected chi connectivity index (χ4v) is 2.06. The lowest BCUT2D eigenvalue weighted by Gasteiger charge is -2.15. The number of aromatic hydroxyl groups is 1. The van der Waals surface area contributed by atoms with E-state index in [1.807, 2.05) is 44.2 Å². The molecule has 0 aliphatic carbocycles. The van der Waals surface area contributed by atoms with E-state index in [1.54, 1.807) is 18.2 Å². The molecule has 0 saturated carbocycles. The molecule has 3 heteroatoms. The number of nitrogens with one attached hydrogen (secondary N) is 1. The minimum absolute atomic E-state index is 0.0473. The van der Waals surface area contributed by atoms with Crippen LogP contribution >= 0.6 is 0 Å². The van der Waals surface area contributed by atoms with Crippen LogP contribution in [0.3, 0.4) is 0 Å². The number of hydrogen-bond acceptors (Lipinski definition) is 2. The fourth-order valence-electron chi connectivity index (χ4n) is 2.06. The predicted molar refractivity (Wildman–Crippen MR) is 79.5 cm³/mol. The Morgan fingerprint density at radius 2 is 1.80 bits per heavy atom. The quantitative estimate of drug-likeness (QED) is 0.896. The van der Waals surface area contributed by atoms with Gasteiger partial charge in [0.2, 0.25) is 5.91 Å². The maximum Gasteiger partial charge on any atom is 0.225 e. The van der Waals surface area contributed by atoms with Gasteiger partial charge in [0, 0.05) is 5.56 Å². The van der Waals surface area contributed by atoms with Crippen molar-refractivity contribution in [1.82, 2.24) is 5.32 Å². The van der Waals surface area contributed by atoms with Gasteiger partial charge in [-0.1, -0.05) is 48.0 Å². The second-order valence-corrected chi connectivity index (χ2v) is 5.01. The molecule has 3 nitrogen and oxygen atoms in total. The van der Waals surface area contributed by atoms with Crippen LogP contribution in [0.2, 0.25) is 0 Å². The summed E-state index contributed by atoms with van der Waals surface area (Å²) in [5.74, 6) is 0.0604. The van der Waals surface area contributed by atoms with E-state index in [-0.39, 0.29) is 24.1 Å². The molecule has 2 aromatic carbocycles. The third kappa shape index (κ3) is 3.60. The van der Waals surface area contributed by atoms with Crippen LogP contribution in [0.4, 0.5) is 0 Å². The normalized spacial score (nSPS) is 11.9. The molecule has 1 amide bonds. The van der Waals surface area contributed by atoms with Crippen LogP contribution < -0.4 is 5.32 Å².